The van der Waals surface area contributed by atoms with Crippen LogP contribution in [0.25, 0.3) is 17.2 Å². The summed E-state index contributed by atoms with van der Waals surface area (Å²) in [6.07, 6.45) is 2.21. The van der Waals surface area contributed by atoms with Gasteiger partial charge in [-0.1, -0.05) is 23.7 Å². The van der Waals surface area contributed by atoms with Crippen LogP contribution in [0.4, 0.5) is 24.8 Å². The summed E-state index contributed by atoms with van der Waals surface area (Å²) in [6, 6.07) is 6.79. The number of amides is 1. The number of aromatic nitrogens is 5. The number of carbonyl (C=O) groups excluding carboxylic acids is 1. The smallest absolute Gasteiger partial charge is 0.356 e. The Balaban J connectivity index is 1.54. The van der Waals surface area contributed by atoms with Crippen molar-refractivity contribution in [2.45, 2.75) is 24.9 Å². The molecule has 2 aliphatic rings. The number of fused-ring (bicyclic) bond motifs is 2. The highest BCUT2D eigenvalue weighted by molar-refractivity contribution is 6.30. The van der Waals surface area contributed by atoms with Crippen LogP contribution < -0.4 is 10.2 Å². The number of alkyl halides is 3. The molecule has 12 heteroatoms. The van der Waals surface area contributed by atoms with Crippen molar-refractivity contribution in [1.82, 2.24) is 24.3 Å². The molecule has 0 bridgehead atoms. The van der Waals surface area contributed by atoms with Crippen LogP contribution in [-0.4, -0.2) is 49.5 Å². The molecule has 3 aromatic heterocycles. The molecule has 1 unspecified atom stereocenters. The standard InChI is InChI=1S/C24H19ClF3N7O/c1-23(13-2-4-15(25)5-3-13)18-20(33-22(23)36)31-19(16-12-34-9-7-29-17(34)10-30-16)32-21(18)35-8-6-14(11-35)24(26,27)28/h2-5,7,9-10,12,14H,6,8,11H2,1H3,(H,31,32,33,36)/t14-,23?/m1/s1. The topological polar surface area (TPSA) is 88.3 Å². The predicted octanol–water partition coefficient (Wildman–Crippen LogP) is 4.49. The van der Waals surface area contributed by atoms with Crippen molar-refractivity contribution in [1.29, 1.82) is 0 Å². The number of nitrogens with one attached hydrogen (secondary N) is 1. The zero-order valence-electron chi connectivity index (χ0n) is 18.9. The molecule has 6 rings (SSSR count). The second-order valence-electron chi connectivity index (χ2n) is 9.12. The molecular weight excluding hydrogens is 495 g/mol. The molecule has 2 atom stereocenters. The average molecular weight is 514 g/mol. The van der Waals surface area contributed by atoms with Crippen LogP contribution in [0.2, 0.25) is 5.02 Å². The number of benzene rings is 1. The minimum absolute atomic E-state index is 0.0596. The molecule has 1 saturated heterocycles. The van der Waals surface area contributed by atoms with Gasteiger partial charge < -0.3 is 14.6 Å². The van der Waals surface area contributed by atoms with Crippen molar-refractivity contribution in [2.24, 2.45) is 5.92 Å². The number of hydrogen-bond acceptors (Lipinski definition) is 6. The molecule has 1 aromatic carbocycles. The van der Waals surface area contributed by atoms with Crippen molar-refractivity contribution in [3.63, 3.8) is 0 Å². The maximum atomic E-state index is 13.5. The van der Waals surface area contributed by atoms with E-state index in [1.54, 1.807) is 65.3 Å². The van der Waals surface area contributed by atoms with E-state index in [4.69, 9.17) is 16.6 Å². The van der Waals surface area contributed by atoms with E-state index in [2.05, 4.69) is 20.3 Å². The number of halogens is 4. The molecule has 0 radical (unpaired) electrons. The lowest BCUT2D eigenvalue weighted by Crippen LogP contribution is -2.35. The van der Waals surface area contributed by atoms with Crippen LogP contribution in [0.5, 0.6) is 0 Å². The zero-order valence-corrected chi connectivity index (χ0v) is 19.7. The van der Waals surface area contributed by atoms with E-state index in [1.807, 2.05) is 0 Å². The lowest BCUT2D eigenvalue weighted by molar-refractivity contribution is -0.168. The van der Waals surface area contributed by atoms with Crippen LogP contribution >= 0.6 is 11.6 Å². The van der Waals surface area contributed by atoms with Crippen molar-refractivity contribution in [3.8, 4) is 11.5 Å². The maximum Gasteiger partial charge on any atom is 0.393 e. The monoisotopic (exact) mass is 513 g/mol. The molecule has 0 spiro atoms. The van der Waals surface area contributed by atoms with Gasteiger partial charge in [0.2, 0.25) is 5.91 Å². The molecule has 2 aliphatic heterocycles. The maximum absolute atomic E-state index is 13.5. The largest absolute Gasteiger partial charge is 0.393 e. The number of imidazole rings is 1. The second-order valence-corrected chi connectivity index (χ2v) is 9.56. The first-order chi connectivity index (χ1) is 17.1. The third-order valence-electron chi connectivity index (χ3n) is 6.96. The summed E-state index contributed by atoms with van der Waals surface area (Å²) in [6.45, 7) is 1.61. The van der Waals surface area contributed by atoms with E-state index in [0.29, 0.717) is 27.5 Å². The Kier molecular flexibility index (Phi) is 4.98. The Morgan fingerprint density at radius 3 is 2.67 bits per heavy atom. The van der Waals surface area contributed by atoms with Crippen LogP contribution in [0.15, 0.2) is 49.1 Å². The molecule has 36 heavy (non-hydrogen) atoms. The van der Waals surface area contributed by atoms with Gasteiger partial charge in [0.25, 0.3) is 0 Å². The minimum Gasteiger partial charge on any atom is -0.356 e. The van der Waals surface area contributed by atoms with Gasteiger partial charge in [-0.3, -0.25) is 4.79 Å². The summed E-state index contributed by atoms with van der Waals surface area (Å²) in [7, 11) is 0. The van der Waals surface area contributed by atoms with Crippen molar-refractivity contribution < 1.29 is 18.0 Å². The number of anilines is 2. The summed E-state index contributed by atoms with van der Waals surface area (Å²) in [5.41, 5.74) is 0.850. The molecule has 4 aromatic rings. The fraction of sp³-hybridized carbons (Fsp3) is 0.292. The third-order valence-corrected chi connectivity index (χ3v) is 7.21. The molecular formula is C24H19ClF3N7O. The molecule has 5 heterocycles. The number of carbonyl (C=O) groups is 1. The first kappa shape index (κ1) is 22.7. The van der Waals surface area contributed by atoms with E-state index in [9.17, 15) is 18.0 Å². The third kappa shape index (κ3) is 3.48. The van der Waals surface area contributed by atoms with Crippen molar-refractivity contribution in [3.05, 3.63) is 65.2 Å². The molecule has 184 valence electrons. The molecule has 1 N–H and O–H groups in total. The van der Waals surface area contributed by atoms with Gasteiger partial charge >= 0.3 is 6.18 Å². The van der Waals surface area contributed by atoms with Gasteiger partial charge in [-0.05, 0) is 31.0 Å². The van der Waals surface area contributed by atoms with Crippen molar-refractivity contribution >= 4 is 34.8 Å². The summed E-state index contributed by atoms with van der Waals surface area (Å²) in [4.78, 5) is 32.8. The van der Waals surface area contributed by atoms with Crippen LogP contribution in [0.3, 0.4) is 0 Å². The highest BCUT2D eigenvalue weighted by Gasteiger charge is 2.50. The lowest BCUT2D eigenvalue weighted by Gasteiger charge is -2.28. The van der Waals surface area contributed by atoms with Gasteiger partial charge in [0.05, 0.1) is 17.7 Å². The van der Waals surface area contributed by atoms with E-state index in [-0.39, 0.29) is 42.9 Å². The Bertz CT molecular complexity index is 1500. The summed E-state index contributed by atoms with van der Waals surface area (Å²) < 4.78 is 42.4. The summed E-state index contributed by atoms with van der Waals surface area (Å²) in [5.74, 6) is -1.11. The molecule has 8 nitrogen and oxygen atoms in total. The molecule has 0 aliphatic carbocycles. The van der Waals surface area contributed by atoms with Gasteiger partial charge in [0.1, 0.15) is 22.7 Å². The minimum atomic E-state index is -4.32. The summed E-state index contributed by atoms with van der Waals surface area (Å²) in [5, 5.41) is 3.33. The van der Waals surface area contributed by atoms with Crippen LogP contribution in [-0.2, 0) is 10.2 Å². The Labute approximate surface area is 208 Å². The van der Waals surface area contributed by atoms with Crippen LogP contribution in [0.1, 0.15) is 24.5 Å². The molecule has 1 fully saturated rings. The van der Waals surface area contributed by atoms with Gasteiger partial charge in [0.15, 0.2) is 11.5 Å². The molecule has 1 amide bonds. The normalized spacial score (nSPS) is 21.8. The predicted molar refractivity (Wildman–Crippen MR) is 127 cm³/mol. The van der Waals surface area contributed by atoms with E-state index in [1.165, 1.54) is 0 Å². The van der Waals surface area contributed by atoms with Gasteiger partial charge in [-0.25, -0.2) is 19.9 Å². The van der Waals surface area contributed by atoms with Gasteiger partial charge in [0, 0.05) is 36.7 Å². The summed E-state index contributed by atoms with van der Waals surface area (Å²) >= 11 is 6.06. The van der Waals surface area contributed by atoms with Crippen molar-refractivity contribution in [2.75, 3.05) is 23.3 Å². The quantitative estimate of drug-likeness (QED) is 0.434. The zero-order chi connectivity index (χ0) is 25.2. The van der Waals surface area contributed by atoms with E-state index >= 15 is 0 Å². The fourth-order valence-electron chi connectivity index (χ4n) is 4.91. The Morgan fingerprint density at radius 1 is 1.17 bits per heavy atom. The second kappa shape index (κ2) is 7.89. The van der Waals surface area contributed by atoms with Gasteiger partial charge in [-0.2, -0.15) is 13.2 Å². The van der Waals surface area contributed by atoms with Gasteiger partial charge in [-0.15, -0.1) is 0 Å². The first-order valence-corrected chi connectivity index (χ1v) is 11.6. The Hall–Kier alpha value is -3.73. The SMILES string of the molecule is CC1(c2ccc(Cl)cc2)C(=O)Nc2nc(-c3cn4ccnc4cn3)nc(N3CC[C@@H](C(F)(F)F)C3)c21. The average Bonchev–Trinajstić information content (AvgIpc) is 3.57. The van der Waals surface area contributed by atoms with Crippen LogP contribution in [0, 0.1) is 5.92 Å². The van der Waals surface area contributed by atoms with E-state index in [0.717, 1.165) is 0 Å². The fourth-order valence-corrected chi connectivity index (χ4v) is 5.04. The number of nitrogens with zero attached hydrogens (tertiary/aromatic N) is 6. The molecule has 0 saturated carbocycles. The number of hydrogen-bond donors (Lipinski definition) is 1. The first-order valence-electron chi connectivity index (χ1n) is 11.3. The highest BCUT2D eigenvalue weighted by atomic mass is 35.5. The highest BCUT2D eigenvalue weighted by Crippen LogP contribution is 2.48. The lowest BCUT2D eigenvalue weighted by atomic mass is 9.77. The Morgan fingerprint density at radius 2 is 1.94 bits per heavy atom. The number of rotatable bonds is 3. The van der Waals surface area contributed by atoms with E-state index < -0.39 is 17.5 Å².